The zero-order valence-corrected chi connectivity index (χ0v) is 11.4. The van der Waals surface area contributed by atoms with Crippen molar-refractivity contribution >= 4 is 5.82 Å². The predicted molar refractivity (Wildman–Crippen MR) is 69.6 cm³/mol. The molecule has 106 valence electrons. The van der Waals surface area contributed by atoms with E-state index in [9.17, 15) is 4.39 Å². The molecule has 0 saturated carbocycles. The number of ether oxygens (including phenoxy) is 2. The highest BCUT2D eigenvalue weighted by Gasteiger charge is 2.18. The van der Waals surface area contributed by atoms with Crippen molar-refractivity contribution in [3.05, 3.63) is 17.8 Å². The zero-order chi connectivity index (χ0) is 13.7. The summed E-state index contributed by atoms with van der Waals surface area (Å²) in [4.78, 5) is 7.83. The van der Waals surface area contributed by atoms with Crippen LogP contribution in [0.3, 0.4) is 0 Å². The maximum absolute atomic E-state index is 13.9. The largest absolute Gasteiger partial charge is 0.379 e. The van der Waals surface area contributed by atoms with E-state index in [2.05, 4.69) is 15.3 Å². The Balaban J connectivity index is 1.85. The normalized spacial score (nSPS) is 20.5. The lowest BCUT2D eigenvalue weighted by atomic mass is 10.3. The van der Waals surface area contributed by atoms with Crippen LogP contribution in [0.15, 0.2) is 6.33 Å². The van der Waals surface area contributed by atoms with Gasteiger partial charge in [-0.2, -0.15) is 0 Å². The fourth-order valence-corrected chi connectivity index (χ4v) is 1.95. The molecule has 0 aromatic carbocycles. The maximum Gasteiger partial charge on any atom is 0.186 e. The fraction of sp³-hybridized carbons (Fsp3) is 0.692. The van der Waals surface area contributed by atoms with Crippen LogP contribution in [0.2, 0.25) is 0 Å². The van der Waals surface area contributed by atoms with E-state index in [1.165, 1.54) is 6.33 Å². The molecule has 1 saturated heterocycles. The number of hydrogen-bond acceptors (Lipinski definition) is 5. The molecule has 1 aromatic heterocycles. The van der Waals surface area contributed by atoms with Crippen LogP contribution < -0.4 is 5.32 Å². The Morgan fingerprint density at radius 1 is 1.58 bits per heavy atom. The van der Waals surface area contributed by atoms with E-state index in [-0.39, 0.29) is 23.8 Å². The zero-order valence-electron chi connectivity index (χ0n) is 11.4. The van der Waals surface area contributed by atoms with Crippen LogP contribution in [0.1, 0.15) is 26.0 Å². The Hall–Kier alpha value is -1.27. The van der Waals surface area contributed by atoms with Crippen molar-refractivity contribution < 1.29 is 13.9 Å². The highest BCUT2D eigenvalue weighted by molar-refractivity contribution is 5.38. The number of aromatic nitrogens is 2. The number of halogens is 1. The van der Waals surface area contributed by atoms with E-state index in [4.69, 9.17) is 9.47 Å². The van der Waals surface area contributed by atoms with Crippen LogP contribution in [0.4, 0.5) is 10.2 Å². The van der Waals surface area contributed by atoms with Gasteiger partial charge in [-0.1, -0.05) is 6.92 Å². The standard InChI is InChI=1S/C13H20FN3O2/c1-3-11-12(14)13(16-8-15-11)17-9(2)6-19-10-4-5-18-7-10/h8-10H,3-7H2,1-2H3,(H,15,16,17). The molecule has 1 fully saturated rings. The molecule has 5 nitrogen and oxygen atoms in total. The third kappa shape index (κ3) is 3.84. The lowest BCUT2D eigenvalue weighted by molar-refractivity contribution is 0.0394. The van der Waals surface area contributed by atoms with Gasteiger partial charge in [-0.05, 0) is 19.8 Å². The van der Waals surface area contributed by atoms with Crippen LogP contribution in [0, 0.1) is 5.82 Å². The van der Waals surface area contributed by atoms with Crippen LogP contribution in [-0.2, 0) is 15.9 Å². The Labute approximate surface area is 112 Å². The van der Waals surface area contributed by atoms with E-state index < -0.39 is 0 Å². The molecule has 0 spiro atoms. The molecule has 0 radical (unpaired) electrons. The molecule has 2 rings (SSSR count). The Morgan fingerprint density at radius 3 is 3.11 bits per heavy atom. The van der Waals surface area contributed by atoms with Crippen molar-refractivity contribution in [3.8, 4) is 0 Å². The first kappa shape index (κ1) is 14.1. The Bertz CT molecular complexity index is 411. The molecular weight excluding hydrogens is 249 g/mol. The van der Waals surface area contributed by atoms with Crippen molar-refractivity contribution in [3.63, 3.8) is 0 Å². The van der Waals surface area contributed by atoms with Gasteiger partial charge in [0.2, 0.25) is 0 Å². The van der Waals surface area contributed by atoms with Gasteiger partial charge in [0, 0.05) is 12.6 Å². The van der Waals surface area contributed by atoms with Gasteiger partial charge < -0.3 is 14.8 Å². The average Bonchev–Trinajstić information content (AvgIpc) is 2.92. The molecule has 1 aromatic rings. The molecule has 0 aliphatic carbocycles. The van der Waals surface area contributed by atoms with Gasteiger partial charge in [-0.15, -0.1) is 0 Å². The topological polar surface area (TPSA) is 56.3 Å². The average molecular weight is 269 g/mol. The van der Waals surface area contributed by atoms with Gasteiger partial charge in [0.1, 0.15) is 6.33 Å². The SMILES string of the molecule is CCc1ncnc(NC(C)COC2CCOC2)c1F. The predicted octanol–water partition coefficient (Wildman–Crippen LogP) is 1.78. The van der Waals surface area contributed by atoms with Gasteiger partial charge in [-0.3, -0.25) is 0 Å². The lowest BCUT2D eigenvalue weighted by Gasteiger charge is -2.18. The van der Waals surface area contributed by atoms with E-state index in [1.54, 1.807) is 0 Å². The monoisotopic (exact) mass is 269 g/mol. The second kappa shape index (κ2) is 6.77. The third-order valence-corrected chi connectivity index (χ3v) is 3.05. The number of nitrogens with zero attached hydrogens (tertiary/aromatic N) is 2. The van der Waals surface area contributed by atoms with Crippen molar-refractivity contribution in [2.75, 3.05) is 25.1 Å². The van der Waals surface area contributed by atoms with Crippen LogP contribution in [0.25, 0.3) is 0 Å². The van der Waals surface area contributed by atoms with Crippen LogP contribution in [-0.4, -0.2) is 41.9 Å². The van der Waals surface area contributed by atoms with Crippen molar-refractivity contribution in [1.29, 1.82) is 0 Å². The number of anilines is 1. The summed E-state index contributed by atoms with van der Waals surface area (Å²) < 4.78 is 24.8. The maximum atomic E-state index is 13.9. The summed E-state index contributed by atoms with van der Waals surface area (Å²) in [6.45, 7) is 5.70. The first-order valence-electron chi connectivity index (χ1n) is 6.66. The van der Waals surface area contributed by atoms with Crippen molar-refractivity contribution in [2.45, 2.75) is 38.8 Å². The molecule has 0 bridgehead atoms. The van der Waals surface area contributed by atoms with Crippen molar-refractivity contribution in [1.82, 2.24) is 9.97 Å². The summed E-state index contributed by atoms with van der Waals surface area (Å²) in [7, 11) is 0. The van der Waals surface area contributed by atoms with Gasteiger partial charge in [0.15, 0.2) is 11.6 Å². The molecule has 1 N–H and O–H groups in total. The first-order chi connectivity index (χ1) is 9.20. The molecule has 1 aliphatic rings. The quantitative estimate of drug-likeness (QED) is 0.853. The minimum absolute atomic E-state index is 0.0188. The van der Waals surface area contributed by atoms with E-state index >= 15 is 0 Å². The third-order valence-electron chi connectivity index (χ3n) is 3.05. The minimum Gasteiger partial charge on any atom is -0.379 e. The molecule has 2 heterocycles. The van der Waals surface area contributed by atoms with Crippen LogP contribution >= 0.6 is 0 Å². The lowest BCUT2D eigenvalue weighted by Crippen LogP contribution is -2.27. The van der Waals surface area contributed by atoms with Crippen molar-refractivity contribution in [2.24, 2.45) is 0 Å². The van der Waals surface area contributed by atoms with Gasteiger partial charge in [0.25, 0.3) is 0 Å². The minimum atomic E-state index is -0.374. The molecule has 6 heteroatoms. The summed E-state index contributed by atoms with van der Waals surface area (Å²) in [5.41, 5.74) is 0.426. The number of rotatable bonds is 6. The number of hydrogen-bond donors (Lipinski definition) is 1. The molecule has 2 unspecified atom stereocenters. The summed E-state index contributed by atoms with van der Waals surface area (Å²) in [6.07, 6.45) is 3.01. The summed E-state index contributed by atoms with van der Waals surface area (Å²) in [5.74, 6) is -0.133. The molecule has 2 atom stereocenters. The first-order valence-corrected chi connectivity index (χ1v) is 6.66. The molecule has 19 heavy (non-hydrogen) atoms. The Morgan fingerprint density at radius 2 is 2.42 bits per heavy atom. The number of nitrogens with one attached hydrogen (secondary N) is 1. The highest BCUT2D eigenvalue weighted by Crippen LogP contribution is 2.15. The van der Waals surface area contributed by atoms with E-state index in [0.29, 0.717) is 25.3 Å². The summed E-state index contributed by atoms with van der Waals surface area (Å²) >= 11 is 0. The summed E-state index contributed by atoms with van der Waals surface area (Å²) in [6, 6.07) is -0.0188. The van der Waals surface area contributed by atoms with Crippen LogP contribution in [0.5, 0.6) is 0 Å². The van der Waals surface area contributed by atoms with Gasteiger partial charge >= 0.3 is 0 Å². The number of aryl methyl sites for hydroxylation is 1. The second-order valence-electron chi connectivity index (χ2n) is 4.70. The van der Waals surface area contributed by atoms with E-state index in [1.807, 2.05) is 13.8 Å². The molecule has 0 amide bonds. The molecule has 1 aliphatic heterocycles. The Kier molecular flexibility index (Phi) is 5.04. The van der Waals surface area contributed by atoms with Gasteiger partial charge in [-0.25, -0.2) is 14.4 Å². The second-order valence-corrected chi connectivity index (χ2v) is 4.70. The fourth-order valence-electron chi connectivity index (χ4n) is 1.95. The molecular formula is C13H20FN3O2. The van der Waals surface area contributed by atoms with Gasteiger partial charge in [0.05, 0.1) is 25.0 Å². The summed E-state index contributed by atoms with van der Waals surface area (Å²) in [5, 5.41) is 3.02. The van der Waals surface area contributed by atoms with E-state index in [0.717, 1.165) is 13.0 Å². The highest BCUT2D eigenvalue weighted by atomic mass is 19.1. The smallest absolute Gasteiger partial charge is 0.186 e.